The molecule has 0 aliphatic carbocycles. The zero-order valence-corrected chi connectivity index (χ0v) is 15.0. The molecule has 1 unspecified atom stereocenters. The van der Waals surface area contributed by atoms with Crippen LogP contribution in [0.5, 0.6) is 0 Å². The van der Waals surface area contributed by atoms with Crippen LogP contribution in [0.2, 0.25) is 0 Å². The van der Waals surface area contributed by atoms with Crippen LogP contribution in [0.4, 0.5) is 0 Å². The Morgan fingerprint density at radius 2 is 2.00 bits per heavy atom. The van der Waals surface area contributed by atoms with E-state index >= 15 is 0 Å². The van der Waals surface area contributed by atoms with Crippen LogP contribution in [0.1, 0.15) is 31.0 Å². The predicted octanol–water partition coefficient (Wildman–Crippen LogP) is 3.00. The fourth-order valence-corrected chi connectivity index (χ4v) is 3.00. The molecule has 3 rings (SSSR count). The molecular weight excluding hydrogens is 340 g/mol. The normalized spacial score (nSPS) is 19.8. The van der Waals surface area contributed by atoms with Gasteiger partial charge < -0.3 is 15.4 Å². The molecule has 0 radical (unpaired) electrons. The first-order chi connectivity index (χ1) is 11.9. The molecule has 2 aliphatic heterocycles. The van der Waals surface area contributed by atoms with E-state index in [2.05, 4.69) is 9.98 Å². The summed E-state index contributed by atoms with van der Waals surface area (Å²) in [6.07, 6.45) is 1.55. The number of aliphatic imine (C=N–C) groups is 2. The molecule has 25 heavy (non-hydrogen) atoms. The third-order valence-corrected chi connectivity index (χ3v) is 4.41. The van der Waals surface area contributed by atoms with Crippen LogP contribution in [-0.4, -0.2) is 29.7 Å². The van der Waals surface area contributed by atoms with E-state index in [1.165, 1.54) is 0 Å². The zero-order valence-electron chi connectivity index (χ0n) is 14.3. The van der Waals surface area contributed by atoms with Gasteiger partial charge in [0.05, 0.1) is 30.3 Å². The second-order valence-corrected chi connectivity index (χ2v) is 6.18. The van der Waals surface area contributed by atoms with Gasteiger partial charge in [0.15, 0.2) is 11.0 Å². The Morgan fingerprint density at radius 1 is 1.32 bits per heavy atom. The van der Waals surface area contributed by atoms with Crippen LogP contribution in [0, 0.1) is 6.92 Å². The molecule has 1 aromatic carbocycles. The van der Waals surface area contributed by atoms with Crippen LogP contribution in [0.3, 0.4) is 0 Å². The Bertz CT molecular complexity index is 837. The van der Waals surface area contributed by atoms with Gasteiger partial charge in [-0.1, -0.05) is 41.4 Å². The van der Waals surface area contributed by atoms with Gasteiger partial charge in [-0.15, -0.1) is 0 Å². The van der Waals surface area contributed by atoms with Crippen LogP contribution in [0.15, 0.2) is 56.4 Å². The maximum Gasteiger partial charge on any atom is 0.338 e. The number of allylic oxidation sites excluding steroid dienone is 1. The lowest BCUT2D eigenvalue weighted by molar-refractivity contribution is -0.139. The van der Waals surface area contributed by atoms with Gasteiger partial charge in [0.2, 0.25) is 0 Å². The summed E-state index contributed by atoms with van der Waals surface area (Å²) in [5, 5.41) is 0.185. The number of aryl methyl sites for hydroxylation is 1. The standard InChI is InChI=1S/C18H19ClN4O2/c1-4-25-18(24)13-11(3)22-17-14(20)16(19)21-9-23(17)15(13)12-7-5-10(2)6-8-12/h5-9,15H,4,20H2,1-3H3. The number of ether oxygens (including phenoxy) is 1. The van der Waals surface area contributed by atoms with Gasteiger partial charge in [-0.2, -0.15) is 0 Å². The third-order valence-electron chi connectivity index (χ3n) is 4.11. The number of fused-ring (bicyclic) bond motifs is 1. The molecule has 7 heteroatoms. The number of nitrogens with two attached hydrogens (primary N) is 1. The molecule has 0 saturated heterocycles. The summed E-state index contributed by atoms with van der Waals surface area (Å²) in [4.78, 5) is 22.9. The number of carbonyl (C=O) groups is 1. The molecule has 0 fully saturated rings. The van der Waals surface area contributed by atoms with E-state index in [9.17, 15) is 4.79 Å². The zero-order chi connectivity index (χ0) is 18.1. The molecule has 130 valence electrons. The summed E-state index contributed by atoms with van der Waals surface area (Å²) in [7, 11) is 0. The van der Waals surface area contributed by atoms with Crippen LogP contribution >= 0.6 is 11.6 Å². The largest absolute Gasteiger partial charge is 0.463 e. The molecule has 0 aromatic heterocycles. The third kappa shape index (κ3) is 3.05. The van der Waals surface area contributed by atoms with Crippen molar-refractivity contribution in [2.75, 3.05) is 6.61 Å². The lowest BCUT2D eigenvalue weighted by Gasteiger charge is -2.37. The average molecular weight is 359 g/mol. The SMILES string of the molecule is CCOC(=O)C1=C(C)N=C2C(N)=C(Cl)N=CN2C1c1ccc(C)cc1. The summed E-state index contributed by atoms with van der Waals surface area (Å²) >= 11 is 6.04. The van der Waals surface area contributed by atoms with Crippen LogP contribution in [-0.2, 0) is 9.53 Å². The van der Waals surface area contributed by atoms with Gasteiger partial charge in [-0.25, -0.2) is 14.8 Å². The minimum absolute atomic E-state index is 0.185. The molecular formula is C18H19ClN4O2. The first kappa shape index (κ1) is 17.2. The smallest absolute Gasteiger partial charge is 0.338 e. The summed E-state index contributed by atoms with van der Waals surface area (Å²) in [6.45, 7) is 5.84. The van der Waals surface area contributed by atoms with Crippen molar-refractivity contribution in [3.8, 4) is 0 Å². The lowest BCUT2D eigenvalue weighted by atomic mass is 9.93. The number of amidine groups is 1. The Hall–Kier alpha value is -2.60. The monoisotopic (exact) mass is 358 g/mol. The highest BCUT2D eigenvalue weighted by atomic mass is 35.5. The molecule has 2 aliphatic rings. The maximum absolute atomic E-state index is 12.6. The second kappa shape index (κ2) is 6.72. The highest BCUT2D eigenvalue weighted by Crippen LogP contribution is 2.37. The molecule has 1 atom stereocenters. The van der Waals surface area contributed by atoms with Crippen molar-refractivity contribution in [3.63, 3.8) is 0 Å². The number of esters is 1. The first-order valence-electron chi connectivity index (χ1n) is 7.95. The van der Waals surface area contributed by atoms with Gasteiger partial charge in [0.25, 0.3) is 0 Å². The Balaban J connectivity index is 2.18. The fraction of sp³-hybridized carbons (Fsp3) is 0.278. The fourth-order valence-electron chi connectivity index (χ4n) is 2.88. The number of nitrogens with zero attached hydrogens (tertiary/aromatic N) is 3. The number of rotatable bonds is 3. The van der Waals surface area contributed by atoms with E-state index in [0.29, 0.717) is 17.1 Å². The Kier molecular flexibility index (Phi) is 4.63. The quantitative estimate of drug-likeness (QED) is 0.665. The number of halogens is 1. The first-order valence-corrected chi connectivity index (χ1v) is 8.33. The second-order valence-electron chi connectivity index (χ2n) is 5.82. The number of carbonyl (C=O) groups excluding carboxylic acids is 1. The minimum atomic E-state index is -0.431. The molecule has 0 amide bonds. The van der Waals surface area contributed by atoms with E-state index in [-0.39, 0.29) is 17.5 Å². The summed E-state index contributed by atoms with van der Waals surface area (Å²) in [5.74, 6) is 0.0807. The van der Waals surface area contributed by atoms with Gasteiger partial charge in [0.1, 0.15) is 5.70 Å². The molecule has 0 bridgehead atoms. The summed E-state index contributed by atoms with van der Waals surface area (Å²) in [6, 6.07) is 7.50. The number of hydrogen-bond acceptors (Lipinski definition) is 6. The average Bonchev–Trinajstić information content (AvgIpc) is 2.58. The van der Waals surface area contributed by atoms with E-state index in [1.807, 2.05) is 31.2 Å². The molecule has 2 N–H and O–H groups in total. The molecule has 0 spiro atoms. The van der Waals surface area contributed by atoms with Crippen LogP contribution < -0.4 is 5.73 Å². The van der Waals surface area contributed by atoms with E-state index in [4.69, 9.17) is 22.1 Å². The Morgan fingerprint density at radius 3 is 2.64 bits per heavy atom. The van der Waals surface area contributed by atoms with Crippen molar-refractivity contribution in [3.05, 3.63) is 57.5 Å². The van der Waals surface area contributed by atoms with Gasteiger partial charge in [0, 0.05) is 0 Å². The van der Waals surface area contributed by atoms with Crippen molar-refractivity contribution in [1.29, 1.82) is 0 Å². The van der Waals surface area contributed by atoms with Crippen LogP contribution in [0.25, 0.3) is 0 Å². The molecule has 6 nitrogen and oxygen atoms in total. The predicted molar refractivity (Wildman–Crippen MR) is 98.1 cm³/mol. The minimum Gasteiger partial charge on any atom is -0.463 e. The number of hydrogen-bond donors (Lipinski definition) is 1. The summed E-state index contributed by atoms with van der Waals surface area (Å²) < 4.78 is 5.25. The van der Waals surface area contributed by atoms with Crippen molar-refractivity contribution in [2.24, 2.45) is 15.7 Å². The van der Waals surface area contributed by atoms with Gasteiger partial charge in [-0.05, 0) is 26.3 Å². The topological polar surface area (TPSA) is 80.3 Å². The molecule has 0 saturated carbocycles. The van der Waals surface area contributed by atoms with E-state index < -0.39 is 12.0 Å². The Labute approximate surface area is 151 Å². The highest BCUT2D eigenvalue weighted by molar-refractivity contribution is 6.33. The van der Waals surface area contributed by atoms with E-state index in [0.717, 1.165) is 11.1 Å². The van der Waals surface area contributed by atoms with Gasteiger partial charge >= 0.3 is 5.97 Å². The van der Waals surface area contributed by atoms with Crippen molar-refractivity contribution in [2.45, 2.75) is 26.8 Å². The lowest BCUT2D eigenvalue weighted by Crippen LogP contribution is -2.43. The van der Waals surface area contributed by atoms with Crippen molar-refractivity contribution < 1.29 is 9.53 Å². The molecule has 2 heterocycles. The van der Waals surface area contributed by atoms with E-state index in [1.54, 1.807) is 25.1 Å². The van der Waals surface area contributed by atoms with Gasteiger partial charge in [-0.3, -0.25) is 0 Å². The maximum atomic E-state index is 12.6. The number of benzene rings is 1. The molecule has 1 aromatic rings. The summed E-state index contributed by atoms with van der Waals surface area (Å²) in [5.41, 5.74) is 9.40. The van der Waals surface area contributed by atoms with Crippen molar-refractivity contribution in [1.82, 2.24) is 4.90 Å². The highest BCUT2D eigenvalue weighted by Gasteiger charge is 2.38. The van der Waals surface area contributed by atoms with Crippen molar-refractivity contribution >= 4 is 29.7 Å².